The lowest BCUT2D eigenvalue weighted by Crippen LogP contribution is -2.27. The largest absolute Gasteiger partial charge is 0.326 e. The number of aryl methyl sites for hydroxylation is 1. The van der Waals surface area contributed by atoms with Crippen LogP contribution in [0.5, 0.6) is 0 Å². The van der Waals surface area contributed by atoms with Gasteiger partial charge in [-0.05, 0) is 31.0 Å². The van der Waals surface area contributed by atoms with Crippen LogP contribution < -0.4 is 10.5 Å². The summed E-state index contributed by atoms with van der Waals surface area (Å²) in [6.07, 6.45) is 0.567. The fourth-order valence-electron chi connectivity index (χ4n) is 1.94. The Morgan fingerprint density at radius 2 is 2.00 bits per heavy atom. The molecule has 2 aromatic rings. The number of benzene rings is 1. The third-order valence-corrected chi connectivity index (χ3v) is 4.80. The van der Waals surface area contributed by atoms with Gasteiger partial charge < -0.3 is 5.73 Å². The Kier molecular flexibility index (Phi) is 5.00. The lowest BCUT2D eigenvalue weighted by molar-refractivity contribution is 0.576. The molecule has 0 aliphatic rings. The van der Waals surface area contributed by atoms with Crippen LogP contribution in [0, 0.1) is 6.92 Å². The molecule has 0 spiro atoms. The summed E-state index contributed by atoms with van der Waals surface area (Å²) in [5.41, 5.74) is 7.73. The molecule has 4 N–H and O–H groups in total. The molecule has 0 atom stereocenters. The first-order valence-corrected chi connectivity index (χ1v) is 8.28. The Labute approximate surface area is 128 Å². The number of sulfonamides is 1. The number of nitrogens with one attached hydrogen (secondary N) is 2. The molecule has 0 unspecified atom stereocenters. The Hall–Kier alpha value is -1.41. The van der Waals surface area contributed by atoms with Gasteiger partial charge in [0.15, 0.2) is 5.03 Å². The molecule has 0 aliphatic heterocycles. The van der Waals surface area contributed by atoms with Crippen LogP contribution in [-0.2, 0) is 23.0 Å². The van der Waals surface area contributed by atoms with E-state index in [0.29, 0.717) is 22.7 Å². The highest BCUT2D eigenvalue weighted by Gasteiger charge is 2.22. The van der Waals surface area contributed by atoms with Gasteiger partial charge in [-0.2, -0.15) is 5.10 Å². The zero-order chi connectivity index (χ0) is 15.5. The van der Waals surface area contributed by atoms with Crippen molar-refractivity contribution < 1.29 is 8.42 Å². The van der Waals surface area contributed by atoms with Gasteiger partial charge in [0.05, 0.1) is 0 Å². The number of nitrogens with two attached hydrogens (primary N) is 1. The summed E-state index contributed by atoms with van der Waals surface area (Å²) in [5.74, 6) is 0. The second kappa shape index (κ2) is 6.57. The van der Waals surface area contributed by atoms with Crippen molar-refractivity contribution >= 4 is 21.6 Å². The highest BCUT2D eigenvalue weighted by atomic mass is 35.5. The van der Waals surface area contributed by atoms with Crippen LogP contribution in [0.15, 0.2) is 29.3 Å². The van der Waals surface area contributed by atoms with Crippen molar-refractivity contribution in [2.24, 2.45) is 5.73 Å². The van der Waals surface area contributed by atoms with E-state index in [1.54, 1.807) is 19.1 Å². The van der Waals surface area contributed by atoms with Crippen molar-refractivity contribution in [3.63, 3.8) is 0 Å². The maximum Gasteiger partial charge on any atom is 0.260 e. The standard InChI is InChI=1S/C13H17ClN4O2S/c1-9-12(8-15)13(18-17-9)21(19,20)16-7-6-10-2-4-11(14)5-3-10/h2-5,16H,6-8,15H2,1H3,(H,17,18). The van der Waals surface area contributed by atoms with Gasteiger partial charge >= 0.3 is 0 Å². The molecule has 0 bridgehead atoms. The van der Waals surface area contributed by atoms with Gasteiger partial charge in [0.1, 0.15) is 0 Å². The average Bonchev–Trinajstić information content (AvgIpc) is 2.82. The second-order valence-corrected chi connectivity index (χ2v) is 6.73. The van der Waals surface area contributed by atoms with Crippen molar-refractivity contribution in [3.05, 3.63) is 46.1 Å². The normalized spacial score (nSPS) is 11.8. The van der Waals surface area contributed by atoms with Gasteiger partial charge in [-0.1, -0.05) is 23.7 Å². The zero-order valence-electron chi connectivity index (χ0n) is 11.6. The van der Waals surface area contributed by atoms with Crippen LogP contribution >= 0.6 is 11.6 Å². The van der Waals surface area contributed by atoms with E-state index >= 15 is 0 Å². The van der Waals surface area contributed by atoms with E-state index in [4.69, 9.17) is 17.3 Å². The van der Waals surface area contributed by atoms with Gasteiger partial charge in [-0.25, -0.2) is 13.1 Å². The molecular weight excluding hydrogens is 312 g/mol. The number of hydrogen-bond acceptors (Lipinski definition) is 4. The van der Waals surface area contributed by atoms with Gasteiger partial charge in [-0.3, -0.25) is 5.10 Å². The van der Waals surface area contributed by atoms with Crippen molar-refractivity contribution in [2.75, 3.05) is 6.54 Å². The number of H-pyrrole nitrogens is 1. The maximum absolute atomic E-state index is 12.2. The van der Waals surface area contributed by atoms with E-state index in [0.717, 1.165) is 5.56 Å². The molecule has 0 fully saturated rings. The number of nitrogens with zero attached hydrogens (tertiary/aromatic N) is 1. The van der Waals surface area contributed by atoms with E-state index in [2.05, 4.69) is 14.9 Å². The minimum Gasteiger partial charge on any atom is -0.326 e. The lowest BCUT2D eigenvalue weighted by Gasteiger charge is -2.06. The average molecular weight is 329 g/mol. The Balaban J connectivity index is 2.03. The smallest absolute Gasteiger partial charge is 0.260 e. The Morgan fingerprint density at radius 1 is 1.33 bits per heavy atom. The first kappa shape index (κ1) is 16.0. The topological polar surface area (TPSA) is 101 Å². The Bertz CT molecular complexity index is 710. The number of hydrogen-bond donors (Lipinski definition) is 3. The van der Waals surface area contributed by atoms with Crippen LogP contribution in [0.3, 0.4) is 0 Å². The first-order valence-electron chi connectivity index (χ1n) is 6.42. The summed E-state index contributed by atoms with van der Waals surface area (Å²) in [6, 6.07) is 7.27. The highest BCUT2D eigenvalue weighted by Crippen LogP contribution is 2.15. The summed E-state index contributed by atoms with van der Waals surface area (Å²) in [5, 5.41) is 7.09. The molecule has 21 heavy (non-hydrogen) atoms. The van der Waals surface area contributed by atoms with Gasteiger partial charge in [-0.15, -0.1) is 0 Å². The quantitative estimate of drug-likeness (QED) is 0.745. The van der Waals surface area contributed by atoms with E-state index in [9.17, 15) is 8.42 Å². The molecular formula is C13H17ClN4O2S. The number of halogens is 1. The monoisotopic (exact) mass is 328 g/mol. The van der Waals surface area contributed by atoms with Crippen LogP contribution in [0.4, 0.5) is 0 Å². The van der Waals surface area contributed by atoms with Gasteiger partial charge in [0.2, 0.25) is 0 Å². The Morgan fingerprint density at radius 3 is 2.62 bits per heavy atom. The molecule has 0 saturated heterocycles. The van der Waals surface area contributed by atoms with Crippen molar-refractivity contribution in [3.8, 4) is 0 Å². The molecule has 0 amide bonds. The molecule has 8 heteroatoms. The molecule has 6 nitrogen and oxygen atoms in total. The zero-order valence-corrected chi connectivity index (χ0v) is 13.1. The maximum atomic E-state index is 12.2. The molecule has 1 aromatic heterocycles. The second-order valence-electron chi connectivity index (χ2n) is 4.61. The van der Waals surface area contributed by atoms with Crippen LogP contribution in [-0.4, -0.2) is 25.2 Å². The predicted octanol–water partition coefficient (Wildman–Crippen LogP) is 1.35. The number of aromatic amines is 1. The molecule has 114 valence electrons. The third kappa shape index (κ3) is 3.82. The highest BCUT2D eigenvalue weighted by molar-refractivity contribution is 7.89. The summed E-state index contributed by atoms with van der Waals surface area (Å²) in [4.78, 5) is 0. The van der Waals surface area contributed by atoms with E-state index in [-0.39, 0.29) is 18.1 Å². The number of aromatic nitrogens is 2. The van der Waals surface area contributed by atoms with Crippen LogP contribution in [0.25, 0.3) is 0 Å². The minimum absolute atomic E-state index is 0.0291. The van der Waals surface area contributed by atoms with Gasteiger partial charge in [0.25, 0.3) is 10.0 Å². The van der Waals surface area contributed by atoms with E-state index in [1.165, 1.54) is 0 Å². The van der Waals surface area contributed by atoms with Gasteiger partial charge in [0, 0.05) is 29.4 Å². The van der Waals surface area contributed by atoms with Crippen LogP contribution in [0.2, 0.25) is 5.02 Å². The SMILES string of the molecule is Cc1[nH]nc(S(=O)(=O)NCCc2ccc(Cl)cc2)c1CN. The van der Waals surface area contributed by atoms with E-state index < -0.39 is 10.0 Å². The van der Waals surface area contributed by atoms with Crippen molar-refractivity contribution in [1.82, 2.24) is 14.9 Å². The predicted molar refractivity (Wildman–Crippen MR) is 81.6 cm³/mol. The molecule has 0 radical (unpaired) electrons. The molecule has 0 saturated carbocycles. The molecule has 2 rings (SSSR count). The fraction of sp³-hybridized carbons (Fsp3) is 0.308. The molecule has 1 heterocycles. The number of rotatable bonds is 6. The van der Waals surface area contributed by atoms with Crippen LogP contribution in [0.1, 0.15) is 16.8 Å². The summed E-state index contributed by atoms with van der Waals surface area (Å²) < 4.78 is 26.9. The third-order valence-electron chi connectivity index (χ3n) is 3.11. The lowest BCUT2D eigenvalue weighted by atomic mass is 10.2. The minimum atomic E-state index is -3.66. The summed E-state index contributed by atoms with van der Waals surface area (Å²) in [6.45, 7) is 2.14. The first-order chi connectivity index (χ1) is 9.94. The molecule has 1 aromatic carbocycles. The summed E-state index contributed by atoms with van der Waals surface area (Å²) >= 11 is 5.80. The molecule has 0 aliphatic carbocycles. The van der Waals surface area contributed by atoms with Crippen molar-refractivity contribution in [1.29, 1.82) is 0 Å². The fourth-order valence-corrected chi connectivity index (χ4v) is 3.30. The summed E-state index contributed by atoms with van der Waals surface area (Å²) in [7, 11) is -3.66. The van der Waals surface area contributed by atoms with E-state index in [1.807, 2.05) is 12.1 Å². The van der Waals surface area contributed by atoms with Crippen molar-refractivity contribution in [2.45, 2.75) is 24.9 Å².